The molecule has 1 aromatic rings. The molecule has 1 heterocycles. The van der Waals surface area contributed by atoms with Crippen LogP contribution in [0, 0.1) is 10.1 Å². The summed E-state index contributed by atoms with van der Waals surface area (Å²) in [6.07, 6.45) is -0.0231. The highest BCUT2D eigenvalue weighted by Gasteiger charge is 2.15. The molecule has 1 atom stereocenters. The van der Waals surface area contributed by atoms with Gasteiger partial charge in [0.25, 0.3) is 5.69 Å². The average Bonchev–Trinajstić information content (AvgIpc) is 2.38. The standard InChI is InChI=1S/C11H13ClN2O4/c12-10-5-8(14(15)16)1-2-11(10)13-6-9-7-17-3-4-18-9/h1-2,5,9,13H,3-4,6-7H2/t9-/m0/s1. The third kappa shape index (κ3) is 3.32. The highest BCUT2D eigenvalue weighted by molar-refractivity contribution is 6.33. The predicted molar refractivity (Wildman–Crippen MR) is 67.2 cm³/mol. The lowest BCUT2D eigenvalue weighted by Crippen LogP contribution is -2.34. The van der Waals surface area contributed by atoms with Gasteiger partial charge in [0.2, 0.25) is 0 Å². The maximum Gasteiger partial charge on any atom is 0.271 e. The molecule has 7 heteroatoms. The zero-order chi connectivity index (χ0) is 13.0. The zero-order valence-corrected chi connectivity index (χ0v) is 10.4. The van der Waals surface area contributed by atoms with Crippen LogP contribution in [-0.2, 0) is 9.47 Å². The van der Waals surface area contributed by atoms with Gasteiger partial charge < -0.3 is 14.8 Å². The van der Waals surface area contributed by atoms with E-state index in [1.54, 1.807) is 6.07 Å². The Kier molecular flexibility index (Phi) is 4.35. The summed E-state index contributed by atoms with van der Waals surface area (Å²) in [5.41, 5.74) is 0.624. The van der Waals surface area contributed by atoms with Crippen molar-refractivity contribution in [2.45, 2.75) is 6.10 Å². The van der Waals surface area contributed by atoms with Crippen molar-refractivity contribution in [3.8, 4) is 0 Å². The number of hydrogen-bond acceptors (Lipinski definition) is 5. The van der Waals surface area contributed by atoms with E-state index in [0.717, 1.165) is 0 Å². The van der Waals surface area contributed by atoms with Gasteiger partial charge in [-0.15, -0.1) is 0 Å². The molecule has 1 saturated heterocycles. The first-order chi connectivity index (χ1) is 8.66. The van der Waals surface area contributed by atoms with Crippen molar-refractivity contribution in [2.24, 2.45) is 0 Å². The van der Waals surface area contributed by atoms with E-state index in [-0.39, 0.29) is 11.8 Å². The molecule has 1 aromatic carbocycles. The second kappa shape index (κ2) is 5.99. The number of nitrogens with zero attached hydrogens (tertiary/aromatic N) is 1. The van der Waals surface area contributed by atoms with Crippen LogP contribution in [0.2, 0.25) is 5.02 Å². The molecule has 1 aliphatic rings. The number of nitrogens with one attached hydrogen (secondary N) is 1. The number of ether oxygens (including phenoxy) is 2. The molecule has 1 aliphatic heterocycles. The molecule has 1 N–H and O–H groups in total. The van der Waals surface area contributed by atoms with Gasteiger partial charge in [0, 0.05) is 18.7 Å². The van der Waals surface area contributed by atoms with E-state index in [9.17, 15) is 10.1 Å². The Labute approximate surface area is 109 Å². The SMILES string of the molecule is O=[N+]([O-])c1ccc(NC[C@H]2COCCO2)c(Cl)c1. The number of anilines is 1. The molecule has 0 spiro atoms. The first-order valence-corrected chi connectivity index (χ1v) is 5.92. The highest BCUT2D eigenvalue weighted by Crippen LogP contribution is 2.26. The van der Waals surface area contributed by atoms with E-state index < -0.39 is 4.92 Å². The Bertz CT molecular complexity index is 435. The van der Waals surface area contributed by atoms with Gasteiger partial charge in [0.1, 0.15) is 0 Å². The topological polar surface area (TPSA) is 73.6 Å². The summed E-state index contributed by atoms with van der Waals surface area (Å²) in [7, 11) is 0. The molecule has 98 valence electrons. The van der Waals surface area contributed by atoms with Gasteiger partial charge in [0.05, 0.1) is 41.6 Å². The zero-order valence-electron chi connectivity index (χ0n) is 9.60. The van der Waals surface area contributed by atoms with Crippen molar-refractivity contribution in [3.63, 3.8) is 0 Å². The molecule has 0 radical (unpaired) electrons. The molecule has 0 aliphatic carbocycles. The van der Waals surface area contributed by atoms with Crippen molar-refractivity contribution in [1.29, 1.82) is 0 Å². The van der Waals surface area contributed by atoms with Gasteiger partial charge in [-0.25, -0.2) is 0 Å². The van der Waals surface area contributed by atoms with Crippen LogP contribution in [0.1, 0.15) is 0 Å². The first-order valence-electron chi connectivity index (χ1n) is 5.54. The molecule has 0 bridgehead atoms. The highest BCUT2D eigenvalue weighted by atomic mass is 35.5. The molecule has 2 rings (SSSR count). The van der Waals surface area contributed by atoms with Crippen molar-refractivity contribution >= 4 is 23.0 Å². The summed E-state index contributed by atoms with van der Waals surface area (Å²) in [4.78, 5) is 10.1. The smallest absolute Gasteiger partial charge is 0.271 e. The Morgan fingerprint density at radius 2 is 2.33 bits per heavy atom. The molecule has 0 aromatic heterocycles. The Hall–Kier alpha value is -1.37. The molecule has 0 saturated carbocycles. The lowest BCUT2D eigenvalue weighted by atomic mass is 10.2. The van der Waals surface area contributed by atoms with Gasteiger partial charge >= 0.3 is 0 Å². The Morgan fingerprint density at radius 3 is 2.94 bits per heavy atom. The van der Waals surface area contributed by atoms with E-state index in [0.29, 0.717) is 37.1 Å². The predicted octanol–water partition coefficient (Wildman–Crippen LogP) is 2.08. The number of non-ortho nitro benzene ring substituents is 1. The van der Waals surface area contributed by atoms with Crippen LogP contribution >= 0.6 is 11.6 Å². The summed E-state index contributed by atoms with van der Waals surface area (Å²) in [5.74, 6) is 0. The second-order valence-corrected chi connectivity index (χ2v) is 4.28. The van der Waals surface area contributed by atoms with Crippen LogP contribution in [0.5, 0.6) is 0 Å². The molecule has 18 heavy (non-hydrogen) atoms. The lowest BCUT2D eigenvalue weighted by Gasteiger charge is -2.23. The number of rotatable bonds is 4. The van der Waals surface area contributed by atoms with Crippen LogP contribution in [0.4, 0.5) is 11.4 Å². The fourth-order valence-electron chi connectivity index (χ4n) is 1.64. The normalized spacial score (nSPS) is 19.5. The average molecular weight is 273 g/mol. The third-order valence-electron chi connectivity index (χ3n) is 2.57. The molecule has 0 amide bonds. The summed E-state index contributed by atoms with van der Waals surface area (Å²) >= 11 is 5.95. The lowest BCUT2D eigenvalue weighted by molar-refractivity contribution is -0.384. The van der Waals surface area contributed by atoms with E-state index in [1.165, 1.54) is 12.1 Å². The van der Waals surface area contributed by atoms with Crippen molar-refractivity contribution in [3.05, 3.63) is 33.3 Å². The minimum Gasteiger partial charge on any atom is -0.381 e. The van der Waals surface area contributed by atoms with Gasteiger partial charge in [-0.1, -0.05) is 11.6 Å². The van der Waals surface area contributed by atoms with E-state index >= 15 is 0 Å². The summed E-state index contributed by atoms with van der Waals surface area (Å²) in [6.45, 7) is 2.30. The number of benzene rings is 1. The number of nitro groups is 1. The molecular formula is C11H13ClN2O4. The maximum absolute atomic E-state index is 10.6. The van der Waals surface area contributed by atoms with Crippen LogP contribution in [-0.4, -0.2) is 37.4 Å². The fraction of sp³-hybridized carbons (Fsp3) is 0.455. The third-order valence-corrected chi connectivity index (χ3v) is 2.88. The van der Waals surface area contributed by atoms with Gasteiger partial charge in [-0.3, -0.25) is 10.1 Å². The monoisotopic (exact) mass is 272 g/mol. The van der Waals surface area contributed by atoms with Crippen LogP contribution in [0.3, 0.4) is 0 Å². The minimum atomic E-state index is -0.478. The summed E-state index contributed by atoms with van der Waals surface area (Å²) in [5, 5.41) is 14.0. The first kappa shape index (κ1) is 13.1. The van der Waals surface area contributed by atoms with E-state index in [1.807, 2.05) is 0 Å². The van der Waals surface area contributed by atoms with Gasteiger partial charge in [-0.05, 0) is 6.07 Å². The Balaban J connectivity index is 1.94. The van der Waals surface area contributed by atoms with Crippen molar-refractivity contribution < 1.29 is 14.4 Å². The van der Waals surface area contributed by atoms with E-state index in [4.69, 9.17) is 21.1 Å². The minimum absolute atomic E-state index is 0.0231. The van der Waals surface area contributed by atoms with Gasteiger partial charge in [0.15, 0.2) is 0 Å². The number of hydrogen-bond donors (Lipinski definition) is 1. The van der Waals surface area contributed by atoms with Crippen molar-refractivity contribution in [2.75, 3.05) is 31.7 Å². The quantitative estimate of drug-likeness (QED) is 0.671. The van der Waals surface area contributed by atoms with Crippen LogP contribution in [0.25, 0.3) is 0 Å². The van der Waals surface area contributed by atoms with Crippen LogP contribution in [0.15, 0.2) is 18.2 Å². The molecule has 0 unspecified atom stereocenters. The largest absolute Gasteiger partial charge is 0.381 e. The summed E-state index contributed by atoms with van der Waals surface area (Å²) < 4.78 is 10.7. The summed E-state index contributed by atoms with van der Waals surface area (Å²) in [6, 6.07) is 4.32. The number of nitro benzene ring substituents is 1. The fourth-order valence-corrected chi connectivity index (χ4v) is 1.88. The van der Waals surface area contributed by atoms with E-state index in [2.05, 4.69) is 5.32 Å². The second-order valence-electron chi connectivity index (χ2n) is 3.87. The Morgan fingerprint density at radius 1 is 1.50 bits per heavy atom. The van der Waals surface area contributed by atoms with Gasteiger partial charge in [-0.2, -0.15) is 0 Å². The molecule has 6 nitrogen and oxygen atoms in total. The molecule has 1 fully saturated rings. The molecular weight excluding hydrogens is 260 g/mol. The van der Waals surface area contributed by atoms with Crippen molar-refractivity contribution in [1.82, 2.24) is 0 Å². The number of halogens is 1. The maximum atomic E-state index is 10.6. The van der Waals surface area contributed by atoms with Crippen LogP contribution < -0.4 is 5.32 Å².